The molecule has 0 fully saturated rings. The molecule has 1 aromatic carbocycles. The Bertz CT molecular complexity index is 422. The second kappa shape index (κ2) is 4.28. The van der Waals surface area contributed by atoms with E-state index in [2.05, 4.69) is 27.6 Å². The van der Waals surface area contributed by atoms with Crippen molar-refractivity contribution in [3.05, 3.63) is 51.3 Å². The SMILES string of the molecule is Clc1cncc(I)c1-c1ccccc1. The van der Waals surface area contributed by atoms with Crippen LogP contribution >= 0.6 is 34.2 Å². The highest BCUT2D eigenvalue weighted by atomic mass is 127. The van der Waals surface area contributed by atoms with Crippen LogP contribution in [-0.4, -0.2) is 4.98 Å². The maximum Gasteiger partial charge on any atom is 0.0678 e. The molecule has 0 aliphatic carbocycles. The van der Waals surface area contributed by atoms with E-state index in [1.165, 1.54) is 0 Å². The molecule has 70 valence electrons. The number of nitrogens with zero attached hydrogens (tertiary/aromatic N) is 1. The summed E-state index contributed by atoms with van der Waals surface area (Å²) in [5.74, 6) is 0. The van der Waals surface area contributed by atoms with E-state index in [0.717, 1.165) is 14.7 Å². The molecule has 1 heterocycles. The standard InChI is InChI=1S/C11H7ClIN/c12-9-6-14-7-10(13)11(9)8-4-2-1-3-5-8/h1-7H. The van der Waals surface area contributed by atoms with E-state index in [9.17, 15) is 0 Å². The van der Waals surface area contributed by atoms with Crippen LogP contribution in [0, 0.1) is 3.57 Å². The molecule has 3 heteroatoms. The molecule has 0 atom stereocenters. The van der Waals surface area contributed by atoms with Crippen molar-refractivity contribution in [2.24, 2.45) is 0 Å². The highest BCUT2D eigenvalue weighted by molar-refractivity contribution is 14.1. The molecule has 0 aliphatic heterocycles. The van der Waals surface area contributed by atoms with Gasteiger partial charge in [-0.2, -0.15) is 0 Å². The average Bonchev–Trinajstić information content (AvgIpc) is 2.19. The van der Waals surface area contributed by atoms with E-state index in [4.69, 9.17) is 11.6 Å². The molecular formula is C11H7ClIN. The monoisotopic (exact) mass is 315 g/mol. The summed E-state index contributed by atoms with van der Waals surface area (Å²) >= 11 is 8.34. The van der Waals surface area contributed by atoms with Crippen LogP contribution in [0.25, 0.3) is 11.1 Å². The molecular weight excluding hydrogens is 308 g/mol. The Morgan fingerprint density at radius 3 is 2.43 bits per heavy atom. The minimum absolute atomic E-state index is 0.697. The largest absolute Gasteiger partial charge is 0.262 e. The van der Waals surface area contributed by atoms with Gasteiger partial charge in [0, 0.05) is 21.5 Å². The van der Waals surface area contributed by atoms with Gasteiger partial charge in [0.2, 0.25) is 0 Å². The van der Waals surface area contributed by atoms with Gasteiger partial charge in [-0.1, -0.05) is 41.9 Å². The third-order valence-electron chi connectivity index (χ3n) is 1.92. The second-order valence-corrected chi connectivity index (χ2v) is 4.41. The number of rotatable bonds is 1. The first-order valence-electron chi connectivity index (χ1n) is 4.13. The summed E-state index contributed by atoms with van der Waals surface area (Å²) in [7, 11) is 0. The maximum atomic E-state index is 6.10. The van der Waals surface area contributed by atoms with E-state index in [1.54, 1.807) is 6.20 Å². The molecule has 1 aromatic heterocycles. The molecule has 2 aromatic rings. The molecule has 2 rings (SSSR count). The van der Waals surface area contributed by atoms with Gasteiger partial charge >= 0.3 is 0 Å². The molecule has 0 radical (unpaired) electrons. The smallest absolute Gasteiger partial charge is 0.0678 e. The number of hydrogen-bond acceptors (Lipinski definition) is 1. The molecule has 1 nitrogen and oxygen atoms in total. The van der Waals surface area contributed by atoms with Crippen LogP contribution in [0.1, 0.15) is 0 Å². The van der Waals surface area contributed by atoms with Crippen molar-refractivity contribution in [1.82, 2.24) is 4.98 Å². The lowest BCUT2D eigenvalue weighted by molar-refractivity contribution is 1.31. The van der Waals surface area contributed by atoms with Gasteiger partial charge in [-0.3, -0.25) is 4.98 Å². The van der Waals surface area contributed by atoms with Gasteiger partial charge < -0.3 is 0 Å². The lowest BCUT2D eigenvalue weighted by atomic mass is 10.1. The third kappa shape index (κ3) is 1.91. The summed E-state index contributed by atoms with van der Waals surface area (Å²) in [6.45, 7) is 0. The molecule has 14 heavy (non-hydrogen) atoms. The predicted octanol–water partition coefficient (Wildman–Crippen LogP) is 4.01. The minimum atomic E-state index is 0.697. The Morgan fingerprint density at radius 2 is 1.79 bits per heavy atom. The van der Waals surface area contributed by atoms with Gasteiger partial charge in [0.15, 0.2) is 0 Å². The van der Waals surface area contributed by atoms with E-state index < -0.39 is 0 Å². The van der Waals surface area contributed by atoms with Crippen molar-refractivity contribution in [3.8, 4) is 11.1 Å². The summed E-state index contributed by atoms with van der Waals surface area (Å²) < 4.78 is 1.07. The summed E-state index contributed by atoms with van der Waals surface area (Å²) in [4.78, 5) is 4.03. The van der Waals surface area contributed by atoms with Gasteiger partial charge in [0.05, 0.1) is 5.02 Å². The highest BCUT2D eigenvalue weighted by Gasteiger charge is 2.06. The maximum absolute atomic E-state index is 6.10. The van der Waals surface area contributed by atoms with E-state index >= 15 is 0 Å². The number of hydrogen-bond donors (Lipinski definition) is 0. The number of halogens is 2. The van der Waals surface area contributed by atoms with Crippen LogP contribution < -0.4 is 0 Å². The van der Waals surface area contributed by atoms with Crippen molar-refractivity contribution >= 4 is 34.2 Å². The molecule has 0 unspecified atom stereocenters. The van der Waals surface area contributed by atoms with Crippen LogP contribution in [0.15, 0.2) is 42.7 Å². The Kier molecular flexibility index (Phi) is 3.03. The summed E-state index contributed by atoms with van der Waals surface area (Å²) in [5.41, 5.74) is 2.19. The zero-order valence-corrected chi connectivity index (χ0v) is 10.2. The van der Waals surface area contributed by atoms with Gasteiger partial charge in [-0.25, -0.2) is 0 Å². The van der Waals surface area contributed by atoms with Crippen LogP contribution in [0.5, 0.6) is 0 Å². The van der Waals surface area contributed by atoms with Crippen LogP contribution in [0.4, 0.5) is 0 Å². The molecule has 0 aliphatic rings. The topological polar surface area (TPSA) is 12.9 Å². The van der Waals surface area contributed by atoms with Gasteiger partial charge in [-0.15, -0.1) is 0 Å². The number of pyridine rings is 1. The van der Waals surface area contributed by atoms with E-state index in [1.807, 2.05) is 36.5 Å². The van der Waals surface area contributed by atoms with Crippen molar-refractivity contribution in [2.75, 3.05) is 0 Å². The average molecular weight is 316 g/mol. The fourth-order valence-electron chi connectivity index (χ4n) is 1.29. The first-order chi connectivity index (χ1) is 6.79. The van der Waals surface area contributed by atoms with Crippen molar-refractivity contribution < 1.29 is 0 Å². The van der Waals surface area contributed by atoms with Crippen molar-refractivity contribution in [2.45, 2.75) is 0 Å². The minimum Gasteiger partial charge on any atom is -0.262 e. The molecule has 0 saturated heterocycles. The first-order valence-corrected chi connectivity index (χ1v) is 5.59. The third-order valence-corrected chi connectivity index (χ3v) is 3.02. The first kappa shape index (κ1) is 9.93. The fraction of sp³-hybridized carbons (Fsp3) is 0. The zero-order valence-electron chi connectivity index (χ0n) is 7.24. The Labute approximate surface area is 101 Å². The Hall–Kier alpha value is -0.610. The summed E-state index contributed by atoms with van der Waals surface area (Å²) in [6.07, 6.45) is 3.49. The van der Waals surface area contributed by atoms with Crippen molar-refractivity contribution in [1.29, 1.82) is 0 Å². The van der Waals surface area contributed by atoms with Crippen LogP contribution in [0.2, 0.25) is 5.02 Å². The fourth-order valence-corrected chi connectivity index (χ4v) is 2.48. The lowest BCUT2D eigenvalue weighted by Crippen LogP contribution is -1.85. The molecule has 0 N–H and O–H groups in total. The van der Waals surface area contributed by atoms with Crippen LogP contribution in [0.3, 0.4) is 0 Å². The normalized spacial score (nSPS) is 10.1. The molecule has 0 saturated carbocycles. The summed E-state index contributed by atoms with van der Waals surface area (Å²) in [5, 5.41) is 0.697. The van der Waals surface area contributed by atoms with Gasteiger partial charge in [-0.05, 0) is 28.2 Å². The van der Waals surface area contributed by atoms with Crippen LogP contribution in [-0.2, 0) is 0 Å². The second-order valence-electron chi connectivity index (χ2n) is 2.84. The number of benzene rings is 1. The highest BCUT2D eigenvalue weighted by Crippen LogP contribution is 2.30. The van der Waals surface area contributed by atoms with Crippen molar-refractivity contribution in [3.63, 3.8) is 0 Å². The van der Waals surface area contributed by atoms with Gasteiger partial charge in [0.25, 0.3) is 0 Å². The Balaban J connectivity index is 2.63. The van der Waals surface area contributed by atoms with Gasteiger partial charge in [0.1, 0.15) is 0 Å². The quantitative estimate of drug-likeness (QED) is 0.725. The van der Waals surface area contributed by atoms with E-state index in [0.29, 0.717) is 5.02 Å². The zero-order chi connectivity index (χ0) is 9.97. The number of aromatic nitrogens is 1. The molecule has 0 bridgehead atoms. The lowest BCUT2D eigenvalue weighted by Gasteiger charge is -2.05. The molecule has 0 spiro atoms. The Morgan fingerprint density at radius 1 is 1.07 bits per heavy atom. The van der Waals surface area contributed by atoms with E-state index in [-0.39, 0.29) is 0 Å². The summed E-state index contributed by atoms with van der Waals surface area (Å²) in [6, 6.07) is 10.1. The predicted molar refractivity (Wildman–Crippen MR) is 67.4 cm³/mol. The molecule has 0 amide bonds.